The number of hydrogen-bond donors (Lipinski definition) is 2. The van der Waals surface area contributed by atoms with E-state index < -0.39 is 6.09 Å². The number of cyclic esters (lactones) is 1. The molecule has 0 bridgehead atoms. The highest BCUT2D eigenvalue weighted by atomic mass is 16.6. The zero-order chi connectivity index (χ0) is 12.5. The third-order valence-electron chi connectivity index (χ3n) is 2.77. The summed E-state index contributed by atoms with van der Waals surface area (Å²) in [6.07, 6.45) is 0.752. The Kier molecular flexibility index (Phi) is 2.63. The quantitative estimate of drug-likeness (QED) is 0.734. The number of nitrogens with zero attached hydrogens (tertiary/aromatic N) is 3. The molecule has 8 nitrogen and oxygen atoms in total. The molecule has 2 aliphatic heterocycles. The maximum atomic E-state index is 11.6. The molecule has 3 heterocycles. The van der Waals surface area contributed by atoms with E-state index in [4.69, 9.17) is 15.2 Å². The van der Waals surface area contributed by atoms with Crippen LogP contribution in [0.15, 0.2) is 6.20 Å². The minimum absolute atomic E-state index is 0.292. The van der Waals surface area contributed by atoms with Crippen LogP contribution in [0.1, 0.15) is 0 Å². The number of hydrogen-bond acceptors (Lipinski definition) is 7. The van der Waals surface area contributed by atoms with Gasteiger partial charge < -0.3 is 20.5 Å². The molecule has 3 N–H and O–H groups in total. The lowest BCUT2D eigenvalue weighted by molar-refractivity contribution is 0.145. The fourth-order valence-corrected chi connectivity index (χ4v) is 1.87. The van der Waals surface area contributed by atoms with E-state index in [0.29, 0.717) is 43.8 Å². The van der Waals surface area contributed by atoms with Crippen molar-refractivity contribution in [3.8, 4) is 5.88 Å². The van der Waals surface area contributed by atoms with Crippen molar-refractivity contribution in [1.29, 1.82) is 0 Å². The van der Waals surface area contributed by atoms with Crippen LogP contribution in [0.5, 0.6) is 5.88 Å². The highest BCUT2D eigenvalue weighted by Gasteiger charge is 2.33. The number of ether oxygens (including phenoxy) is 2. The van der Waals surface area contributed by atoms with Crippen LogP contribution in [0.3, 0.4) is 0 Å². The molecule has 18 heavy (non-hydrogen) atoms. The minimum atomic E-state index is -0.448. The Bertz CT molecular complexity index is 481. The zero-order valence-corrected chi connectivity index (χ0v) is 9.63. The summed E-state index contributed by atoms with van der Waals surface area (Å²) in [6.45, 7) is 1.91. The second-order valence-electron chi connectivity index (χ2n) is 4.01. The molecule has 1 atom stereocenters. The van der Waals surface area contributed by atoms with Gasteiger partial charge in [-0.2, -0.15) is 0 Å². The highest BCUT2D eigenvalue weighted by molar-refractivity contribution is 5.88. The number of fused-ring (bicyclic) bond motifs is 1. The number of aromatic nitrogens is 2. The molecule has 1 saturated heterocycles. The molecule has 1 fully saturated rings. The van der Waals surface area contributed by atoms with Gasteiger partial charge in [0.05, 0.1) is 19.3 Å². The van der Waals surface area contributed by atoms with E-state index in [1.807, 2.05) is 0 Å². The number of anilines is 2. The van der Waals surface area contributed by atoms with Crippen molar-refractivity contribution < 1.29 is 14.3 Å². The SMILES string of the molecule is NCC1CN(c2cnc3c(n2)NCCO3)C(=O)O1. The van der Waals surface area contributed by atoms with Crippen LogP contribution in [-0.4, -0.2) is 48.4 Å². The summed E-state index contributed by atoms with van der Waals surface area (Å²) in [5.74, 6) is 1.43. The summed E-state index contributed by atoms with van der Waals surface area (Å²) in [6, 6.07) is 0. The first-order valence-corrected chi connectivity index (χ1v) is 5.70. The first-order chi connectivity index (χ1) is 8.78. The Labute approximate surface area is 103 Å². The van der Waals surface area contributed by atoms with E-state index in [-0.39, 0.29) is 6.10 Å². The predicted molar refractivity (Wildman–Crippen MR) is 62.7 cm³/mol. The molecule has 1 amide bonds. The number of nitrogens with one attached hydrogen (secondary N) is 1. The molecule has 0 spiro atoms. The average molecular weight is 251 g/mol. The smallest absolute Gasteiger partial charge is 0.416 e. The van der Waals surface area contributed by atoms with Crippen molar-refractivity contribution in [2.75, 3.05) is 36.5 Å². The maximum Gasteiger partial charge on any atom is 0.416 e. The van der Waals surface area contributed by atoms with Crippen LogP contribution in [0.4, 0.5) is 16.4 Å². The molecule has 0 radical (unpaired) electrons. The van der Waals surface area contributed by atoms with Gasteiger partial charge in [-0.1, -0.05) is 0 Å². The summed E-state index contributed by atoms with van der Waals surface area (Å²) in [4.78, 5) is 21.5. The Balaban J connectivity index is 1.86. The van der Waals surface area contributed by atoms with Crippen LogP contribution in [-0.2, 0) is 4.74 Å². The van der Waals surface area contributed by atoms with Gasteiger partial charge in [-0.25, -0.2) is 14.8 Å². The lowest BCUT2D eigenvalue weighted by Gasteiger charge is -2.19. The minimum Gasteiger partial charge on any atom is -0.473 e. The third kappa shape index (κ3) is 1.80. The fourth-order valence-electron chi connectivity index (χ4n) is 1.87. The molecule has 0 aliphatic carbocycles. The van der Waals surface area contributed by atoms with E-state index in [0.717, 1.165) is 0 Å². The summed E-state index contributed by atoms with van der Waals surface area (Å²) in [5.41, 5.74) is 5.47. The largest absolute Gasteiger partial charge is 0.473 e. The Morgan fingerprint density at radius 1 is 1.61 bits per heavy atom. The molecule has 0 saturated carbocycles. The first-order valence-electron chi connectivity index (χ1n) is 5.70. The average Bonchev–Trinajstić information content (AvgIpc) is 2.79. The van der Waals surface area contributed by atoms with Gasteiger partial charge in [-0.3, -0.25) is 4.90 Å². The fraction of sp³-hybridized carbons (Fsp3) is 0.500. The normalized spacial score (nSPS) is 21.9. The van der Waals surface area contributed by atoms with Crippen LogP contribution < -0.4 is 20.7 Å². The van der Waals surface area contributed by atoms with E-state index in [1.165, 1.54) is 11.1 Å². The van der Waals surface area contributed by atoms with E-state index in [1.54, 1.807) is 0 Å². The van der Waals surface area contributed by atoms with Gasteiger partial charge in [0.15, 0.2) is 11.6 Å². The van der Waals surface area contributed by atoms with Crippen molar-refractivity contribution in [3.63, 3.8) is 0 Å². The van der Waals surface area contributed by atoms with Crippen molar-refractivity contribution in [2.24, 2.45) is 5.73 Å². The molecule has 1 unspecified atom stereocenters. The highest BCUT2D eigenvalue weighted by Crippen LogP contribution is 2.26. The molecule has 2 aliphatic rings. The molecule has 8 heteroatoms. The van der Waals surface area contributed by atoms with Crippen LogP contribution in [0.25, 0.3) is 0 Å². The number of amides is 1. The van der Waals surface area contributed by atoms with Crippen LogP contribution in [0.2, 0.25) is 0 Å². The molecule has 0 aromatic carbocycles. The molecular formula is C10H13N5O3. The standard InChI is InChI=1S/C10H13N5O3/c11-3-6-5-15(10(16)18-6)7-4-13-9-8(14-7)12-1-2-17-9/h4,6H,1-3,5,11H2,(H,12,14). The molecule has 96 valence electrons. The van der Waals surface area contributed by atoms with Crippen molar-refractivity contribution in [1.82, 2.24) is 9.97 Å². The molecular weight excluding hydrogens is 238 g/mol. The van der Waals surface area contributed by atoms with Gasteiger partial charge in [0.2, 0.25) is 0 Å². The van der Waals surface area contributed by atoms with Gasteiger partial charge >= 0.3 is 6.09 Å². The molecule has 1 aromatic rings. The van der Waals surface area contributed by atoms with E-state index in [2.05, 4.69) is 15.3 Å². The monoisotopic (exact) mass is 251 g/mol. The van der Waals surface area contributed by atoms with Gasteiger partial charge in [0.25, 0.3) is 5.88 Å². The van der Waals surface area contributed by atoms with E-state index >= 15 is 0 Å². The Hall–Kier alpha value is -2.09. The summed E-state index contributed by atoms with van der Waals surface area (Å²) in [5, 5.41) is 3.06. The van der Waals surface area contributed by atoms with Gasteiger partial charge in [0.1, 0.15) is 12.7 Å². The summed E-state index contributed by atoms with van der Waals surface area (Å²) in [7, 11) is 0. The maximum absolute atomic E-state index is 11.6. The number of rotatable bonds is 2. The van der Waals surface area contributed by atoms with Gasteiger partial charge in [-0.15, -0.1) is 0 Å². The number of carbonyl (C=O) groups is 1. The Morgan fingerprint density at radius 3 is 3.28 bits per heavy atom. The van der Waals surface area contributed by atoms with Crippen molar-refractivity contribution in [2.45, 2.75) is 6.10 Å². The first kappa shape index (κ1) is 11.0. The van der Waals surface area contributed by atoms with Gasteiger partial charge in [-0.05, 0) is 0 Å². The second-order valence-corrected chi connectivity index (χ2v) is 4.01. The third-order valence-corrected chi connectivity index (χ3v) is 2.77. The summed E-state index contributed by atoms with van der Waals surface area (Å²) >= 11 is 0. The number of carbonyl (C=O) groups excluding carboxylic acids is 1. The summed E-state index contributed by atoms with van der Waals surface area (Å²) < 4.78 is 10.4. The van der Waals surface area contributed by atoms with Crippen molar-refractivity contribution >= 4 is 17.7 Å². The molecule has 1 aromatic heterocycles. The van der Waals surface area contributed by atoms with Crippen LogP contribution in [0, 0.1) is 0 Å². The van der Waals surface area contributed by atoms with E-state index in [9.17, 15) is 4.79 Å². The predicted octanol–water partition coefficient (Wildman–Crippen LogP) is -0.435. The second kappa shape index (κ2) is 4.30. The van der Waals surface area contributed by atoms with Crippen molar-refractivity contribution in [3.05, 3.63) is 6.20 Å². The number of nitrogens with two attached hydrogens (primary N) is 1. The van der Waals surface area contributed by atoms with Crippen LogP contribution >= 0.6 is 0 Å². The molecule has 3 rings (SSSR count). The lowest BCUT2D eigenvalue weighted by Crippen LogP contribution is -2.29. The zero-order valence-electron chi connectivity index (χ0n) is 9.63. The Morgan fingerprint density at radius 2 is 2.50 bits per heavy atom. The lowest BCUT2D eigenvalue weighted by atomic mass is 10.3. The van der Waals surface area contributed by atoms with Gasteiger partial charge in [0, 0.05) is 6.54 Å². The topological polar surface area (TPSA) is 103 Å².